The minimum absolute atomic E-state index is 0.144. The van der Waals surface area contributed by atoms with Crippen LogP contribution in [0.1, 0.15) is 48.0 Å². The first-order chi connectivity index (χ1) is 8.03. The number of carbonyl (C=O) groups excluding carboxylic acids is 1. The first-order valence-corrected chi connectivity index (χ1v) is 6.37. The Labute approximate surface area is 109 Å². The number of aliphatic hydroxyl groups excluding tert-OH is 1. The fourth-order valence-electron chi connectivity index (χ4n) is 2.13. The van der Waals surface area contributed by atoms with Crippen molar-refractivity contribution < 1.29 is 19.4 Å². The average Bonchev–Trinajstić information content (AvgIpc) is 2.36. The number of amides is 1. The van der Waals surface area contributed by atoms with Crippen molar-refractivity contribution in [3.05, 3.63) is 0 Å². The van der Waals surface area contributed by atoms with Gasteiger partial charge in [0.15, 0.2) is 0 Å². The van der Waals surface area contributed by atoms with Crippen LogP contribution >= 0.6 is 0 Å². The molecule has 1 rings (SSSR count). The lowest BCUT2D eigenvalue weighted by atomic mass is 10.1. The molecule has 0 bridgehead atoms. The van der Waals surface area contributed by atoms with E-state index < -0.39 is 23.5 Å². The molecule has 0 spiro atoms. The Kier molecular flexibility index (Phi) is 4.28. The number of hydrogen-bond donors (Lipinski definition) is 1. The highest BCUT2D eigenvalue weighted by molar-refractivity contribution is 5.69. The van der Waals surface area contributed by atoms with Gasteiger partial charge < -0.3 is 14.6 Å². The van der Waals surface area contributed by atoms with Crippen LogP contribution in [-0.2, 0) is 9.47 Å². The number of rotatable bonds is 2. The Hall–Kier alpha value is -0.810. The van der Waals surface area contributed by atoms with E-state index in [1.54, 1.807) is 11.8 Å². The summed E-state index contributed by atoms with van der Waals surface area (Å²) in [6.07, 6.45) is -0.379. The normalized spacial score (nSPS) is 25.1. The molecule has 1 amide bonds. The summed E-state index contributed by atoms with van der Waals surface area (Å²) in [5.41, 5.74) is -1.23. The highest BCUT2D eigenvalue weighted by Gasteiger charge is 2.45. The molecule has 0 radical (unpaired) electrons. The van der Waals surface area contributed by atoms with Gasteiger partial charge in [-0.2, -0.15) is 0 Å². The Bertz CT molecular complexity index is 307. The topological polar surface area (TPSA) is 59.0 Å². The number of hydrogen-bond acceptors (Lipinski definition) is 4. The molecular weight excluding hydrogens is 234 g/mol. The molecule has 5 heteroatoms. The Balaban J connectivity index is 2.82. The molecule has 0 aromatic rings. The van der Waals surface area contributed by atoms with Crippen molar-refractivity contribution in [2.24, 2.45) is 0 Å². The van der Waals surface area contributed by atoms with Gasteiger partial charge in [0.25, 0.3) is 0 Å². The molecule has 0 aromatic carbocycles. The van der Waals surface area contributed by atoms with Crippen molar-refractivity contribution in [1.29, 1.82) is 0 Å². The van der Waals surface area contributed by atoms with Crippen molar-refractivity contribution in [2.45, 2.75) is 71.4 Å². The van der Waals surface area contributed by atoms with Crippen LogP contribution in [0.15, 0.2) is 0 Å². The van der Waals surface area contributed by atoms with E-state index >= 15 is 0 Å². The van der Waals surface area contributed by atoms with Crippen LogP contribution in [-0.4, -0.2) is 46.2 Å². The van der Waals surface area contributed by atoms with Gasteiger partial charge in [0.2, 0.25) is 0 Å². The number of carbonyl (C=O) groups is 1. The third-order valence-electron chi connectivity index (χ3n) is 2.78. The van der Waals surface area contributed by atoms with E-state index in [0.29, 0.717) is 13.0 Å². The molecule has 1 aliphatic rings. The fraction of sp³-hybridized carbons (Fsp3) is 0.923. The quantitative estimate of drug-likeness (QED) is 0.825. The van der Waals surface area contributed by atoms with Crippen LogP contribution in [0.4, 0.5) is 4.79 Å². The molecule has 1 aliphatic heterocycles. The second-order valence-corrected chi connectivity index (χ2v) is 6.35. The van der Waals surface area contributed by atoms with Gasteiger partial charge in [-0.25, -0.2) is 4.79 Å². The Morgan fingerprint density at radius 1 is 1.56 bits per heavy atom. The average molecular weight is 259 g/mol. The minimum Gasteiger partial charge on any atom is -0.444 e. The Morgan fingerprint density at radius 2 is 2.11 bits per heavy atom. The first kappa shape index (κ1) is 15.2. The van der Waals surface area contributed by atoms with Gasteiger partial charge in [0.1, 0.15) is 11.3 Å². The number of aliphatic hydroxyl groups is 1. The lowest BCUT2D eigenvalue weighted by molar-refractivity contribution is -0.0635. The molecule has 1 fully saturated rings. The largest absolute Gasteiger partial charge is 0.444 e. The Morgan fingerprint density at radius 3 is 2.56 bits per heavy atom. The van der Waals surface area contributed by atoms with Crippen LogP contribution in [0.2, 0.25) is 0 Å². The third-order valence-corrected chi connectivity index (χ3v) is 2.78. The van der Waals surface area contributed by atoms with Crippen LogP contribution in [0.25, 0.3) is 0 Å². The van der Waals surface area contributed by atoms with Crippen molar-refractivity contribution in [3.63, 3.8) is 0 Å². The molecule has 1 N–H and O–H groups in total. The first-order valence-electron chi connectivity index (χ1n) is 6.37. The third kappa shape index (κ3) is 3.85. The zero-order chi connectivity index (χ0) is 14.1. The standard InChI is InChI=1S/C13H25NO4/c1-9(15)7-10-8-17-13(5,6)14(10)11(16)18-12(2,3)4/h9-10,15H,7-8H2,1-6H3. The highest BCUT2D eigenvalue weighted by Crippen LogP contribution is 2.31. The van der Waals surface area contributed by atoms with Gasteiger partial charge in [0.05, 0.1) is 18.8 Å². The predicted octanol–water partition coefficient (Wildman–Crippen LogP) is 2.13. The van der Waals surface area contributed by atoms with E-state index in [-0.39, 0.29) is 6.04 Å². The number of ether oxygens (including phenoxy) is 2. The minimum atomic E-state index is -0.693. The van der Waals surface area contributed by atoms with Gasteiger partial charge in [-0.1, -0.05) is 0 Å². The van der Waals surface area contributed by atoms with Gasteiger partial charge in [0, 0.05) is 0 Å². The van der Waals surface area contributed by atoms with Gasteiger partial charge in [-0.15, -0.1) is 0 Å². The molecule has 2 unspecified atom stereocenters. The summed E-state index contributed by atoms with van der Waals surface area (Å²) in [6.45, 7) is 11.3. The molecule has 1 heterocycles. The lowest BCUT2D eigenvalue weighted by Crippen LogP contribution is -2.50. The summed E-state index contributed by atoms with van der Waals surface area (Å²) in [5.74, 6) is 0. The predicted molar refractivity (Wildman–Crippen MR) is 68.2 cm³/mol. The maximum absolute atomic E-state index is 12.2. The second-order valence-electron chi connectivity index (χ2n) is 6.35. The molecular formula is C13H25NO4. The summed E-state index contributed by atoms with van der Waals surface area (Å²) in [7, 11) is 0. The van der Waals surface area contributed by atoms with E-state index in [0.717, 1.165) is 0 Å². The van der Waals surface area contributed by atoms with Gasteiger partial charge in [-0.05, 0) is 48.0 Å². The molecule has 18 heavy (non-hydrogen) atoms. The summed E-state index contributed by atoms with van der Waals surface area (Å²) in [4.78, 5) is 13.8. The van der Waals surface area contributed by atoms with Crippen molar-refractivity contribution >= 4 is 6.09 Å². The highest BCUT2D eigenvalue weighted by atomic mass is 16.6. The number of nitrogens with zero attached hydrogens (tertiary/aromatic N) is 1. The fourth-order valence-corrected chi connectivity index (χ4v) is 2.13. The van der Waals surface area contributed by atoms with E-state index in [2.05, 4.69) is 0 Å². The molecule has 1 saturated heterocycles. The van der Waals surface area contributed by atoms with E-state index in [4.69, 9.17) is 9.47 Å². The van der Waals surface area contributed by atoms with E-state index in [1.807, 2.05) is 34.6 Å². The van der Waals surface area contributed by atoms with E-state index in [9.17, 15) is 9.90 Å². The zero-order valence-electron chi connectivity index (χ0n) is 12.2. The van der Waals surface area contributed by atoms with Crippen LogP contribution in [0.5, 0.6) is 0 Å². The SMILES string of the molecule is CC(O)CC1COC(C)(C)N1C(=O)OC(C)(C)C. The summed E-state index contributed by atoms with van der Waals surface area (Å²) < 4.78 is 11.0. The van der Waals surface area contributed by atoms with Gasteiger partial charge >= 0.3 is 6.09 Å². The molecule has 2 atom stereocenters. The summed E-state index contributed by atoms with van der Waals surface area (Å²) in [5, 5.41) is 9.48. The van der Waals surface area contributed by atoms with Crippen molar-refractivity contribution in [3.8, 4) is 0 Å². The molecule has 0 aromatic heterocycles. The zero-order valence-corrected chi connectivity index (χ0v) is 12.2. The van der Waals surface area contributed by atoms with Crippen LogP contribution in [0.3, 0.4) is 0 Å². The monoisotopic (exact) mass is 259 g/mol. The second kappa shape index (κ2) is 5.05. The lowest BCUT2D eigenvalue weighted by Gasteiger charge is -2.35. The van der Waals surface area contributed by atoms with E-state index in [1.165, 1.54) is 0 Å². The molecule has 0 aliphatic carbocycles. The van der Waals surface area contributed by atoms with Crippen LogP contribution in [0, 0.1) is 0 Å². The smallest absolute Gasteiger partial charge is 0.412 e. The maximum atomic E-state index is 12.2. The molecule has 106 valence electrons. The molecule has 5 nitrogen and oxygen atoms in total. The summed E-state index contributed by atoms with van der Waals surface area (Å²) in [6, 6.07) is -0.144. The molecule has 0 saturated carbocycles. The van der Waals surface area contributed by atoms with Crippen molar-refractivity contribution in [2.75, 3.05) is 6.61 Å². The van der Waals surface area contributed by atoms with Crippen molar-refractivity contribution in [1.82, 2.24) is 4.90 Å². The summed E-state index contributed by atoms with van der Waals surface area (Å²) >= 11 is 0. The maximum Gasteiger partial charge on any atom is 0.412 e. The van der Waals surface area contributed by atoms with Crippen LogP contribution < -0.4 is 0 Å². The van der Waals surface area contributed by atoms with Gasteiger partial charge in [-0.3, -0.25) is 4.90 Å².